The van der Waals surface area contributed by atoms with Crippen LogP contribution in [0.15, 0.2) is 36.4 Å². The van der Waals surface area contributed by atoms with Crippen LogP contribution in [0.5, 0.6) is 0 Å². The van der Waals surface area contributed by atoms with E-state index in [1.165, 1.54) is 6.07 Å². The van der Waals surface area contributed by atoms with Crippen LogP contribution in [0.2, 0.25) is 5.02 Å². The third kappa shape index (κ3) is 7.06. The molecule has 0 radical (unpaired) electrons. The summed E-state index contributed by atoms with van der Waals surface area (Å²) in [4.78, 5) is 39.3. The molecule has 1 atom stereocenters. The van der Waals surface area contributed by atoms with Gasteiger partial charge in [-0.05, 0) is 62.3 Å². The molecule has 1 saturated heterocycles. The molecule has 5 rings (SSSR count). The molecule has 1 aliphatic carbocycles. The molecule has 230 valence electrons. The lowest BCUT2D eigenvalue weighted by molar-refractivity contribution is -0.320. The number of nitrogens with one attached hydrogen (secondary N) is 1. The van der Waals surface area contributed by atoms with Crippen molar-refractivity contribution in [3.05, 3.63) is 58.5 Å². The summed E-state index contributed by atoms with van der Waals surface area (Å²) in [6, 6.07) is 9.69. The van der Waals surface area contributed by atoms with Gasteiger partial charge in [0.2, 0.25) is 5.91 Å². The van der Waals surface area contributed by atoms with Gasteiger partial charge >= 0.3 is 5.97 Å². The Morgan fingerprint density at radius 1 is 1.14 bits per heavy atom. The number of para-hydroxylation sites is 1. The monoisotopic (exact) mass is 614 g/mol. The lowest BCUT2D eigenvalue weighted by atomic mass is 9.87. The van der Waals surface area contributed by atoms with Crippen LogP contribution in [-0.4, -0.2) is 69.2 Å². The van der Waals surface area contributed by atoms with Crippen LogP contribution in [0.4, 0.5) is 10.1 Å². The molecule has 43 heavy (non-hydrogen) atoms. The summed E-state index contributed by atoms with van der Waals surface area (Å²) in [6.45, 7) is 2.98. The molecule has 3 aromatic rings. The van der Waals surface area contributed by atoms with E-state index in [-0.39, 0.29) is 52.8 Å². The highest BCUT2D eigenvalue weighted by Gasteiger charge is 2.40. The first-order valence-corrected chi connectivity index (χ1v) is 14.9. The van der Waals surface area contributed by atoms with Gasteiger partial charge < -0.3 is 19.9 Å². The number of carbonyl (C=O) groups is 3. The Labute approximate surface area is 254 Å². The average Bonchev–Trinajstić information content (AvgIpc) is 3.64. The van der Waals surface area contributed by atoms with E-state index in [4.69, 9.17) is 21.1 Å². The van der Waals surface area contributed by atoms with Gasteiger partial charge in [-0.3, -0.25) is 24.0 Å². The molecule has 1 aliphatic heterocycles. The normalized spacial score (nSPS) is 20.7. The maximum atomic E-state index is 15.1. The summed E-state index contributed by atoms with van der Waals surface area (Å²) in [5.74, 6) is -3.90. The van der Waals surface area contributed by atoms with Crippen molar-refractivity contribution in [2.75, 3.05) is 25.0 Å². The van der Waals surface area contributed by atoms with Gasteiger partial charge in [-0.1, -0.05) is 29.8 Å². The van der Waals surface area contributed by atoms with E-state index in [1.54, 1.807) is 30.8 Å². The molecule has 2 aliphatic rings. The van der Waals surface area contributed by atoms with Gasteiger partial charge in [-0.25, -0.2) is 4.39 Å². The number of halogens is 2. The number of Topliss-reactive ketones (excluding diaryl/α,β-unsaturated/α-hetero) is 1. The summed E-state index contributed by atoms with van der Waals surface area (Å²) in [5.41, 5.74) is 1.11. The molecule has 1 unspecified atom stereocenters. The highest BCUT2D eigenvalue weighted by atomic mass is 35.5. The molecule has 10 nitrogen and oxygen atoms in total. The molecule has 0 spiro atoms. The topological polar surface area (TPSA) is 123 Å². The fraction of sp³-hybridized carbons (Fsp3) is 0.484. The number of ether oxygens (including phenoxy) is 2. The maximum Gasteiger partial charge on any atom is 0.306 e. The lowest BCUT2D eigenvalue weighted by Crippen LogP contribution is -2.52. The van der Waals surface area contributed by atoms with Crippen LogP contribution in [0.3, 0.4) is 0 Å². The number of aryl methyl sites for hydroxylation is 1. The minimum Gasteiger partial charge on any atom is -0.481 e. The van der Waals surface area contributed by atoms with Gasteiger partial charge in [-0.2, -0.15) is 5.10 Å². The van der Waals surface area contributed by atoms with Gasteiger partial charge in [0.15, 0.2) is 11.5 Å². The second kappa shape index (κ2) is 13.1. The van der Waals surface area contributed by atoms with E-state index < -0.39 is 23.6 Å². The van der Waals surface area contributed by atoms with E-state index in [9.17, 15) is 19.5 Å². The molecular weight excluding hydrogens is 579 g/mol. The smallest absolute Gasteiger partial charge is 0.306 e. The minimum atomic E-state index is -1.16. The fourth-order valence-electron chi connectivity index (χ4n) is 5.92. The van der Waals surface area contributed by atoms with Crippen molar-refractivity contribution in [2.45, 2.75) is 63.9 Å². The number of amides is 1. The Hall–Kier alpha value is -3.38. The molecule has 2 fully saturated rings. The van der Waals surface area contributed by atoms with Crippen molar-refractivity contribution < 1.29 is 33.4 Å². The number of carboxylic acid groups (broad SMARTS) is 1. The van der Waals surface area contributed by atoms with Crippen molar-refractivity contribution in [2.24, 2.45) is 13.0 Å². The van der Waals surface area contributed by atoms with E-state index in [0.29, 0.717) is 31.1 Å². The number of hydrogen-bond acceptors (Lipinski definition) is 7. The number of fused-ring (bicyclic) bond motifs is 1. The van der Waals surface area contributed by atoms with Crippen molar-refractivity contribution in [1.82, 2.24) is 14.7 Å². The molecule has 0 bridgehead atoms. The van der Waals surface area contributed by atoms with E-state index in [0.717, 1.165) is 37.5 Å². The third-order valence-electron chi connectivity index (χ3n) is 8.34. The third-order valence-corrected chi connectivity index (χ3v) is 8.65. The van der Waals surface area contributed by atoms with Crippen LogP contribution in [-0.2, 0) is 32.5 Å². The van der Waals surface area contributed by atoms with Crippen molar-refractivity contribution in [3.63, 3.8) is 0 Å². The molecular formula is C31H36ClFN4O6. The first kappa shape index (κ1) is 31.1. The second-order valence-corrected chi connectivity index (χ2v) is 11.8. The summed E-state index contributed by atoms with van der Waals surface area (Å²) in [6.07, 6.45) is 3.77. The number of aromatic nitrogens is 2. The van der Waals surface area contributed by atoms with Crippen molar-refractivity contribution in [3.8, 4) is 0 Å². The number of benzene rings is 2. The summed E-state index contributed by atoms with van der Waals surface area (Å²) in [5, 5.41) is 16.9. The van der Waals surface area contributed by atoms with Gasteiger partial charge in [0, 0.05) is 38.9 Å². The number of hydrogen-bond donors (Lipinski definition) is 2. The van der Waals surface area contributed by atoms with Crippen LogP contribution in [0.25, 0.3) is 10.9 Å². The highest BCUT2D eigenvalue weighted by Crippen LogP contribution is 2.33. The first-order chi connectivity index (χ1) is 20.5. The Balaban J connectivity index is 1.21. The molecule has 1 aromatic heterocycles. The molecule has 1 amide bonds. The Morgan fingerprint density at radius 3 is 2.53 bits per heavy atom. The predicted octanol–water partition coefficient (Wildman–Crippen LogP) is 5.18. The number of carbonyl (C=O) groups excluding carboxylic acids is 2. The number of aliphatic carboxylic acids is 1. The van der Waals surface area contributed by atoms with Gasteiger partial charge in [0.25, 0.3) is 5.91 Å². The second-order valence-electron chi connectivity index (χ2n) is 11.4. The zero-order valence-corrected chi connectivity index (χ0v) is 25.0. The number of ketones is 1. The van der Waals surface area contributed by atoms with E-state index >= 15 is 4.39 Å². The Morgan fingerprint density at radius 2 is 1.84 bits per heavy atom. The largest absolute Gasteiger partial charge is 0.481 e. The zero-order chi connectivity index (χ0) is 30.7. The quantitative estimate of drug-likeness (QED) is 0.284. The lowest BCUT2D eigenvalue weighted by Gasteiger charge is -2.41. The molecule has 2 aromatic carbocycles. The average molecular weight is 615 g/mol. The van der Waals surface area contributed by atoms with Crippen LogP contribution >= 0.6 is 11.6 Å². The Bertz CT molecular complexity index is 1520. The number of likely N-dealkylation sites (tertiary alicyclic amines) is 1. The van der Waals surface area contributed by atoms with Crippen LogP contribution in [0, 0.1) is 11.7 Å². The standard InChI is InChI=1S/C31H36ClFN4O6/c1-31(37-13-5-6-14-37,43-22-11-9-19(10-12-22)30(40)41)42-18-21(38)15-20-16-24(32)26(17-25(20)33)34-29(39)28-23-7-3-4-8-27(23)36(2)35-28/h3-4,7-8,16-17,19,22H,5-6,9-15,18H2,1-2H3,(H,34,39)(H,40,41). The van der Waals surface area contributed by atoms with E-state index in [2.05, 4.69) is 10.4 Å². The number of carboxylic acids is 1. The zero-order valence-electron chi connectivity index (χ0n) is 24.3. The number of anilines is 1. The van der Waals surface area contributed by atoms with Crippen molar-refractivity contribution >= 4 is 45.9 Å². The molecule has 12 heteroatoms. The highest BCUT2D eigenvalue weighted by molar-refractivity contribution is 6.34. The van der Waals surface area contributed by atoms with Gasteiger partial charge in [0.1, 0.15) is 12.4 Å². The first-order valence-electron chi connectivity index (χ1n) is 14.6. The minimum absolute atomic E-state index is 0.0685. The molecule has 1 saturated carbocycles. The predicted molar refractivity (Wildman–Crippen MR) is 158 cm³/mol. The Kier molecular flexibility index (Phi) is 9.45. The van der Waals surface area contributed by atoms with E-state index in [1.807, 2.05) is 17.0 Å². The fourth-order valence-corrected chi connectivity index (χ4v) is 6.15. The maximum absolute atomic E-state index is 15.1. The summed E-state index contributed by atoms with van der Waals surface area (Å²) < 4.78 is 29.2. The summed E-state index contributed by atoms with van der Waals surface area (Å²) >= 11 is 6.40. The molecule has 2 heterocycles. The molecule has 2 N–H and O–H groups in total. The van der Waals surface area contributed by atoms with Crippen LogP contribution < -0.4 is 5.32 Å². The number of nitrogens with zero attached hydrogens (tertiary/aromatic N) is 3. The van der Waals surface area contributed by atoms with Crippen LogP contribution in [0.1, 0.15) is 61.5 Å². The van der Waals surface area contributed by atoms with Crippen molar-refractivity contribution in [1.29, 1.82) is 0 Å². The van der Waals surface area contributed by atoms with Gasteiger partial charge in [0.05, 0.1) is 28.2 Å². The summed E-state index contributed by atoms with van der Waals surface area (Å²) in [7, 11) is 1.73. The number of rotatable bonds is 11. The SMILES string of the molecule is Cn1nc(C(=O)Nc2cc(F)c(CC(=O)COC(C)(OC3CCC(C(=O)O)CC3)N3CCCC3)cc2Cl)c2ccccc21. The van der Waals surface area contributed by atoms with Gasteiger partial charge in [-0.15, -0.1) is 0 Å².